The van der Waals surface area contributed by atoms with Gasteiger partial charge in [0.05, 0.1) is 0 Å². The third kappa shape index (κ3) is 4.53. The molecule has 0 radical (unpaired) electrons. The highest BCUT2D eigenvalue weighted by molar-refractivity contribution is 5.95. The fraction of sp³-hybridized carbons (Fsp3) is 0.600. The Kier molecular flexibility index (Phi) is 5.95. The predicted molar refractivity (Wildman–Crippen MR) is 101 cm³/mol. The summed E-state index contributed by atoms with van der Waals surface area (Å²) in [6.45, 7) is 3.60. The SMILES string of the molecule is CCCCC1CCC(C(=O)Nc2ccc(N3CCNC3=O)cc2)CC1. The number of amides is 3. The molecule has 1 aromatic carbocycles. The first-order valence-corrected chi connectivity index (χ1v) is 9.63. The van der Waals surface area contributed by atoms with E-state index in [1.165, 1.54) is 32.1 Å². The van der Waals surface area contributed by atoms with Gasteiger partial charge in [-0.2, -0.15) is 0 Å². The Balaban J connectivity index is 1.49. The maximum absolute atomic E-state index is 12.5. The van der Waals surface area contributed by atoms with E-state index in [1.807, 2.05) is 24.3 Å². The largest absolute Gasteiger partial charge is 0.336 e. The van der Waals surface area contributed by atoms with Gasteiger partial charge in [-0.05, 0) is 55.9 Å². The zero-order valence-electron chi connectivity index (χ0n) is 15.1. The van der Waals surface area contributed by atoms with E-state index in [0.717, 1.165) is 30.1 Å². The van der Waals surface area contributed by atoms with Gasteiger partial charge >= 0.3 is 6.03 Å². The van der Waals surface area contributed by atoms with Crippen LogP contribution in [-0.2, 0) is 4.79 Å². The van der Waals surface area contributed by atoms with Crippen LogP contribution in [0.25, 0.3) is 0 Å². The fourth-order valence-electron chi connectivity index (χ4n) is 3.89. The average Bonchev–Trinajstić information content (AvgIpc) is 3.07. The molecule has 1 aromatic rings. The van der Waals surface area contributed by atoms with Gasteiger partial charge < -0.3 is 10.6 Å². The first kappa shape index (κ1) is 17.8. The molecule has 3 amide bonds. The molecule has 5 nitrogen and oxygen atoms in total. The third-order valence-electron chi connectivity index (χ3n) is 5.49. The number of anilines is 2. The molecule has 0 atom stereocenters. The molecule has 3 rings (SSSR count). The van der Waals surface area contributed by atoms with E-state index >= 15 is 0 Å². The van der Waals surface area contributed by atoms with Crippen LogP contribution < -0.4 is 15.5 Å². The van der Waals surface area contributed by atoms with Crippen molar-refractivity contribution in [2.24, 2.45) is 11.8 Å². The van der Waals surface area contributed by atoms with Gasteiger partial charge in [0.1, 0.15) is 0 Å². The summed E-state index contributed by atoms with van der Waals surface area (Å²) in [6.07, 6.45) is 8.26. The zero-order chi connectivity index (χ0) is 17.6. The van der Waals surface area contributed by atoms with E-state index in [0.29, 0.717) is 13.1 Å². The molecule has 2 fully saturated rings. The molecule has 1 aliphatic carbocycles. The molecule has 0 spiro atoms. The Hall–Kier alpha value is -2.04. The molecule has 0 unspecified atom stereocenters. The summed E-state index contributed by atoms with van der Waals surface area (Å²) >= 11 is 0. The topological polar surface area (TPSA) is 61.4 Å². The summed E-state index contributed by atoms with van der Waals surface area (Å²) in [5, 5.41) is 5.83. The van der Waals surface area contributed by atoms with Crippen molar-refractivity contribution in [1.29, 1.82) is 0 Å². The van der Waals surface area contributed by atoms with E-state index in [4.69, 9.17) is 0 Å². The van der Waals surface area contributed by atoms with Crippen molar-refractivity contribution in [2.75, 3.05) is 23.3 Å². The van der Waals surface area contributed by atoms with Gasteiger partial charge in [0.2, 0.25) is 5.91 Å². The van der Waals surface area contributed by atoms with E-state index in [-0.39, 0.29) is 17.9 Å². The van der Waals surface area contributed by atoms with Crippen LogP contribution >= 0.6 is 0 Å². The maximum Gasteiger partial charge on any atom is 0.321 e. The summed E-state index contributed by atoms with van der Waals surface area (Å²) in [7, 11) is 0. The normalized spacial score (nSPS) is 23.4. The van der Waals surface area contributed by atoms with Crippen molar-refractivity contribution < 1.29 is 9.59 Å². The summed E-state index contributed by atoms with van der Waals surface area (Å²) in [5.74, 6) is 1.09. The van der Waals surface area contributed by atoms with E-state index < -0.39 is 0 Å². The molecule has 2 aliphatic rings. The third-order valence-corrected chi connectivity index (χ3v) is 5.49. The van der Waals surface area contributed by atoms with Crippen LogP contribution in [0.3, 0.4) is 0 Å². The number of carbonyl (C=O) groups is 2. The van der Waals surface area contributed by atoms with Gasteiger partial charge in [-0.3, -0.25) is 9.69 Å². The van der Waals surface area contributed by atoms with Crippen molar-refractivity contribution in [1.82, 2.24) is 5.32 Å². The molecule has 5 heteroatoms. The molecular weight excluding hydrogens is 314 g/mol. The second-order valence-electron chi connectivity index (χ2n) is 7.28. The van der Waals surface area contributed by atoms with Gasteiger partial charge in [-0.15, -0.1) is 0 Å². The highest BCUT2D eigenvalue weighted by Gasteiger charge is 2.26. The summed E-state index contributed by atoms with van der Waals surface area (Å²) in [4.78, 5) is 25.9. The Morgan fingerprint density at radius 2 is 1.92 bits per heavy atom. The first-order valence-electron chi connectivity index (χ1n) is 9.63. The fourth-order valence-corrected chi connectivity index (χ4v) is 3.89. The average molecular weight is 343 g/mol. The number of urea groups is 1. The lowest BCUT2D eigenvalue weighted by Gasteiger charge is -2.27. The van der Waals surface area contributed by atoms with Crippen LogP contribution in [0.5, 0.6) is 0 Å². The van der Waals surface area contributed by atoms with Crippen molar-refractivity contribution in [2.45, 2.75) is 51.9 Å². The molecule has 0 bridgehead atoms. The minimum atomic E-state index is -0.0587. The second-order valence-corrected chi connectivity index (χ2v) is 7.28. The smallest absolute Gasteiger partial charge is 0.321 e. The number of unbranched alkanes of at least 4 members (excludes halogenated alkanes) is 1. The highest BCUT2D eigenvalue weighted by Crippen LogP contribution is 2.32. The Bertz CT molecular complexity index is 591. The second kappa shape index (κ2) is 8.37. The molecule has 136 valence electrons. The summed E-state index contributed by atoms with van der Waals surface area (Å²) in [6, 6.07) is 7.48. The van der Waals surface area contributed by atoms with Crippen molar-refractivity contribution in [3.63, 3.8) is 0 Å². The quantitative estimate of drug-likeness (QED) is 0.815. The number of carbonyl (C=O) groups excluding carboxylic acids is 2. The van der Waals surface area contributed by atoms with Crippen LogP contribution in [-0.4, -0.2) is 25.0 Å². The van der Waals surface area contributed by atoms with Crippen LogP contribution in [0.2, 0.25) is 0 Å². The van der Waals surface area contributed by atoms with E-state index in [9.17, 15) is 9.59 Å². The van der Waals surface area contributed by atoms with Gasteiger partial charge in [0, 0.05) is 30.4 Å². The number of nitrogens with one attached hydrogen (secondary N) is 2. The maximum atomic E-state index is 12.5. The van der Waals surface area contributed by atoms with Crippen LogP contribution in [0.4, 0.5) is 16.2 Å². The Labute approximate surface area is 150 Å². The lowest BCUT2D eigenvalue weighted by molar-refractivity contribution is -0.121. The first-order chi connectivity index (χ1) is 12.2. The number of hydrogen-bond acceptors (Lipinski definition) is 2. The van der Waals surface area contributed by atoms with Gasteiger partial charge in [0.25, 0.3) is 0 Å². The molecule has 1 saturated heterocycles. The molecule has 2 N–H and O–H groups in total. The Morgan fingerprint density at radius 3 is 2.52 bits per heavy atom. The minimum absolute atomic E-state index is 0.0587. The van der Waals surface area contributed by atoms with Crippen molar-refractivity contribution >= 4 is 23.3 Å². The van der Waals surface area contributed by atoms with Gasteiger partial charge in [-0.1, -0.05) is 26.2 Å². The molecule has 1 heterocycles. The summed E-state index contributed by atoms with van der Waals surface area (Å²) in [5.41, 5.74) is 1.67. The zero-order valence-corrected chi connectivity index (χ0v) is 15.1. The number of hydrogen-bond donors (Lipinski definition) is 2. The number of nitrogens with zero attached hydrogens (tertiary/aromatic N) is 1. The molecular formula is C20H29N3O2. The number of benzene rings is 1. The molecule has 1 aliphatic heterocycles. The Morgan fingerprint density at radius 1 is 1.20 bits per heavy atom. The van der Waals surface area contributed by atoms with Gasteiger partial charge in [-0.25, -0.2) is 4.79 Å². The summed E-state index contributed by atoms with van der Waals surface area (Å²) < 4.78 is 0. The van der Waals surface area contributed by atoms with Crippen LogP contribution in [0.15, 0.2) is 24.3 Å². The number of rotatable bonds is 6. The highest BCUT2D eigenvalue weighted by atomic mass is 16.2. The molecule has 25 heavy (non-hydrogen) atoms. The van der Waals surface area contributed by atoms with Crippen LogP contribution in [0.1, 0.15) is 51.9 Å². The monoisotopic (exact) mass is 343 g/mol. The molecule has 0 aromatic heterocycles. The standard InChI is InChI=1S/C20H29N3O2/c1-2-3-4-15-5-7-16(8-6-15)19(24)22-17-9-11-18(12-10-17)23-14-13-21-20(23)25/h9-12,15-16H,2-8,13-14H2,1H3,(H,21,25)(H,22,24). The van der Waals surface area contributed by atoms with Crippen molar-refractivity contribution in [3.8, 4) is 0 Å². The van der Waals surface area contributed by atoms with E-state index in [1.54, 1.807) is 4.90 Å². The van der Waals surface area contributed by atoms with Gasteiger partial charge in [0.15, 0.2) is 0 Å². The lowest BCUT2D eigenvalue weighted by Crippen LogP contribution is -2.28. The van der Waals surface area contributed by atoms with Crippen LogP contribution in [0, 0.1) is 11.8 Å². The van der Waals surface area contributed by atoms with Crippen molar-refractivity contribution in [3.05, 3.63) is 24.3 Å². The lowest BCUT2D eigenvalue weighted by atomic mass is 9.79. The van der Waals surface area contributed by atoms with E-state index in [2.05, 4.69) is 17.6 Å². The minimum Gasteiger partial charge on any atom is -0.336 e. The molecule has 1 saturated carbocycles. The predicted octanol–water partition coefficient (Wildman–Crippen LogP) is 4.15.